The lowest BCUT2D eigenvalue weighted by atomic mass is 9.72. The quantitative estimate of drug-likeness (QED) is 0.611. The lowest BCUT2D eigenvalue weighted by molar-refractivity contribution is -0.121. The minimum absolute atomic E-state index is 0.00883. The van der Waals surface area contributed by atoms with Crippen LogP contribution in [0.1, 0.15) is 42.6 Å². The summed E-state index contributed by atoms with van der Waals surface area (Å²) in [5.41, 5.74) is 0.554. The Hall–Kier alpha value is -1.44. The van der Waals surface area contributed by atoms with E-state index in [0.29, 0.717) is 18.4 Å². The van der Waals surface area contributed by atoms with Crippen molar-refractivity contribution in [3.63, 3.8) is 0 Å². The summed E-state index contributed by atoms with van der Waals surface area (Å²) >= 11 is 12.2. The first-order valence-electron chi connectivity index (χ1n) is 7.71. The standard InChI is InChI=1S/C15H18BCl2NO5/c1-3-5-11(20)19-10-7-8-6-9(17)13(18)12(15(21)23-4-2)14(8)24-16(10)22/h6,10,22H,3-5,7H2,1-2H3,(H,19,20)/t10-/m0/s1. The summed E-state index contributed by atoms with van der Waals surface area (Å²) in [4.78, 5) is 23.9. The molecule has 6 nitrogen and oxygen atoms in total. The Morgan fingerprint density at radius 3 is 2.79 bits per heavy atom. The highest BCUT2D eigenvalue weighted by Crippen LogP contribution is 2.39. The molecular formula is C15H18BCl2NO5. The molecule has 0 aromatic heterocycles. The number of esters is 1. The highest BCUT2D eigenvalue weighted by molar-refractivity contribution is 6.48. The van der Waals surface area contributed by atoms with Crippen molar-refractivity contribution < 1.29 is 24.0 Å². The number of nitrogens with one attached hydrogen (secondary N) is 1. The first-order valence-corrected chi connectivity index (χ1v) is 8.46. The van der Waals surface area contributed by atoms with Crippen LogP contribution in [0.15, 0.2) is 6.07 Å². The van der Waals surface area contributed by atoms with Crippen LogP contribution in [0.25, 0.3) is 0 Å². The topological polar surface area (TPSA) is 84.9 Å². The van der Waals surface area contributed by atoms with Crippen molar-refractivity contribution in [3.05, 3.63) is 27.2 Å². The van der Waals surface area contributed by atoms with Gasteiger partial charge in [0, 0.05) is 6.42 Å². The van der Waals surface area contributed by atoms with Gasteiger partial charge in [0.15, 0.2) is 0 Å². The van der Waals surface area contributed by atoms with Gasteiger partial charge in [-0.3, -0.25) is 4.79 Å². The average molecular weight is 374 g/mol. The molecule has 0 unspecified atom stereocenters. The van der Waals surface area contributed by atoms with Crippen molar-refractivity contribution in [2.75, 3.05) is 6.61 Å². The van der Waals surface area contributed by atoms with E-state index in [4.69, 9.17) is 32.6 Å². The zero-order chi connectivity index (χ0) is 17.9. The fourth-order valence-corrected chi connectivity index (χ4v) is 2.95. The molecule has 0 saturated heterocycles. The van der Waals surface area contributed by atoms with E-state index in [1.54, 1.807) is 13.0 Å². The van der Waals surface area contributed by atoms with Crippen LogP contribution in [0.3, 0.4) is 0 Å². The second-order valence-electron chi connectivity index (χ2n) is 5.39. The molecule has 1 aliphatic heterocycles. The fourth-order valence-electron chi connectivity index (χ4n) is 2.50. The van der Waals surface area contributed by atoms with E-state index in [2.05, 4.69) is 5.32 Å². The predicted octanol–water partition coefficient (Wildman–Crippen LogP) is 2.41. The number of hydrogen-bond donors (Lipinski definition) is 2. The lowest BCUT2D eigenvalue weighted by Crippen LogP contribution is -2.53. The van der Waals surface area contributed by atoms with E-state index in [9.17, 15) is 14.6 Å². The Morgan fingerprint density at radius 1 is 1.46 bits per heavy atom. The van der Waals surface area contributed by atoms with E-state index < -0.39 is 19.0 Å². The van der Waals surface area contributed by atoms with Gasteiger partial charge in [0.2, 0.25) is 5.91 Å². The van der Waals surface area contributed by atoms with Gasteiger partial charge in [-0.2, -0.15) is 0 Å². The Bertz CT molecular complexity index is 655. The van der Waals surface area contributed by atoms with Crippen LogP contribution < -0.4 is 9.97 Å². The molecule has 0 aliphatic carbocycles. The van der Waals surface area contributed by atoms with Crippen LogP contribution >= 0.6 is 23.2 Å². The van der Waals surface area contributed by atoms with E-state index >= 15 is 0 Å². The number of carbonyl (C=O) groups is 2. The maximum Gasteiger partial charge on any atom is 0.547 e. The Labute approximate surface area is 150 Å². The number of amides is 1. The predicted molar refractivity (Wildman–Crippen MR) is 91.6 cm³/mol. The monoisotopic (exact) mass is 373 g/mol. The van der Waals surface area contributed by atoms with Gasteiger partial charge >= 0.3 is 13.1 Å². The minimum Gasteiger partial charge on any atom is -0.534 e. The van der Waals surface area contributed by atoms with Gasteiger partial charge in [-0.05, 0) is 31.4 Å². The molecule has 2 rings (SSSR count). The van der Waals surface area contributed by atoms with E-state index in [1.165, 1.54) is 0 Å². The van der Waals surface area contributed by atoms with Crippen LogP contribution in [0, 0.1) is 0 Å². The number of halogens is 2. The van der Waals surface area contributed by atoms with Crippen LogP contribution in [0.4, 0.5) is 0 Å². The lowest BCUT2D eigenvalue weighted by Gasteiger charge is -2.29. The third-order valence-corrected chi connectivity index (χ3v) is 4.36. The SMILES string of the molecule is CCCC(=O)N[C@H]1Cc2cc(Cl)c(Cl)c(C(=O)OCC)c2OB1O. The number of ether oxygens (including phenoxy) is 1. The minimum atomic E-state index is -1.30. The number of rotatable bonds is 5. The van der Waals surface area contributed by atoms with Crippen LogP contribution in [0.2, 0.25) is 10.0 Å². The summed E-state index contributed by atoms with van der Waals surface area (Å²) in [6.07, 6.45) is 1.31. The van der Waals surface area contributed by atoms with Crippen molar-refractivity contribution in [1.82, 2.24) is 5.32 Å². The molecule has 0 radical (unpaired) electrons. The second-order valence-corrected chi connectivity index (χ2v) is 6.18. The maximum atomic E-state index is 12.1. The Balaban J connectivity index is 2.35. The number of fused-ring (bicyclic) bond motifs is 1. The molecule has 1 atom stereocenters. The van der Waals surface area contributed by atoms with E-state index in [1.807, 2.05) is 6.92 Å². The van der Waals surface area contributed by atoms with Gasteiger partial charge in [-0.25, -0.2) is 4.79 Å². The molecule has 1 aromatic carbocycles. The number of hydrogen-bond acceptors (Lipinski definition) is 5. The van der Waals surface area contributed by atoms with Gasteiger partial charge in [0.25, 0.3) is 0 Å². The molecule has 1 amide bonds. The summed E-state index contributed by atoms with van der Waals surface area (Å²) in [6, 6.07) is 1.56. The molecule has 130 valence electrons. The smallest absolute Gasteiger partial charge is 0.534 e. The molecule has 24 heavy (non-hydrogen) atoms. The van der Waals surface area contributed by atoms with Gasteiger partial charge in [-0.15, -0.1) is 0 Å². The van der Waals surface area contributed by atoms with Crippen molar-refractivity contribution in [2.24, 2.45) is 0 Å². The van der Waals surface area contributed by atoms with Crippen molar-refractivity contribution >= 4 is 42.2 Å². The number of benzene rings is 1. The highest BCUT2D eigenvalue weighted by Gasteiger charge is 2.39. The second kappa shape index (κ2) is 8.10. The molecule has 0 saturated carbocycles. The molecule has 0 spiro atoms. The van der Waals surface area contributed by atoms with E-state index in [0.717, 1.165) is 0 Å². The fraction of sp³-hybridized carbons (Fsp3) is 0.467. The van der Waals surface area contributed by atoms with Crippen LogP contribution in [-0.2, 0) is 16.0 Å². The van der Waals surface area contributed by atoms with Crippen molar-refractivity contribution in [1.29, 1.82) is 0 Å². The highest BCUT2D eigenvalue weighted by atomic mass is 35.5. The first kappa shape index (κ1) is 18.9. The zero-order valence-corrected chi connectivity index (χ0v) is 14.9. The van der Waals surface area contributed by atoms with Gasteiger partial charge in [0.1, 0.15) is 11.3 Å². The average Bonchev–Trinajstić information content (AvgIpc) is 2.51. The number of carbonyl (C=O) groups excluding carboxylic acids is 2. The summed E-state index contributed by atoms with van der Waals surface area (Å²) in [5.74, 6) is -1.36. The molecule has 0 bridgehead atoms. The van der Waals surface area contributed by atoms with Crippen molar-refractivity contribution in [2.45, 2.75) is 39.1 Å². The third kappa shape index (κ3) is 3.96. The molecule has 2 N–H and O–H groups in total. The van der Waals surface area contributed by atoms with Gasteiger partial charge < -0.3 is 19.7 Å². The summed E-state index contributed by atoms with van der Waals surface area (Å²) in [5, 5.41) is 13.1. The Kier molecular flexibility index (Phi) is 6.37. The van der Waals surface area contributed by atoms with Gasteiger partial charge in [0.05, 0.1) is 22.6 Å². The maximum absolute atomic E-state index is 12.1. The normalized spacial score (nSPS) is 16.2. The van der Waals surface area contributed by atoms with Crippen LogP contribution in [0.5, 0.6) is 5.75 Å². The molecule has 0 fully saturated rings. The van der Waals surface area contributed by atoms with E-state index in [-0.39, 0.29) is 40.3 Å². The third-order valence-electron chi connectivity index (χ3n) is 3.57. The molecule has 1 aromatic rings. The molecule has 9 heteroatoms. The zero-order valence-electron chi connectivity index (χ0n) is 13.4. The molecular weight excluding hydrogens is 356 g/mol. The molecule has 1 aliphatic rings. The summed E-state index contributed by atoms with van der Waals surface area (Å²) < 4.78 is 10.4. The largest absolute Gasteiger partial charge is 0.547 e. The van der Waals surface area contributed by atoms with Crippen LogP contribution in [-0.4, -0.2) is 36.6 Å². The Morgan fingerprint density at radius 2 is 2.17 bits per heavy atom. The first-order chi connectivity index (χ1) is 11.4. The molecule has 1 heterocycles. The van der Waals surface area contributed by atoms with Crippen molar-refractivity contribution in [3.8, 4) is 5.75 Å². The summed E-state index contributed by atoms with van der Waals surface area (Å²) in [7, 11) is -1.30. The summed E-state index contributed by atoms with van der Waals surface area (Å²) in [6.45, 7) is 3.71. The van der Waals surface area contributed by atoms with Gasteiger partial charge in [-0.1, -0.05) is 30.1 Å².